The third-order valence-electron chi connectivity index (χ3n) is 0.825. The second-order valence-corrected chi connectivity index (χ2v) is 1.79. The summed E-state index contributed by atoms with van der Waals surface area (Å²) in [7, 11) is 0. The first kappa shape index (κ1) is 10.3. The summed E-state index contributed by atoms with van der Waals surface area (Å²) in [6.07, 6.45) is 1.36. The summed E-state index contributed by atoms with van der Waals surface area (Å²) in [5.74, 6) is -2.71. The molecule has 0 aliphatic carbocycles. The van der Waals surface area contributed by atoms with Gasteiger partial charge < -0.3 is 10.8 Å². The van der Waals surface area contributed by atoms with Crippen molar-refractivity contribution < 1.29 is 19.5 Å². The number of carboxylic acids is 1. The fourth-order valence-corrected chi connectivity index (χ4v) is 0.377. The second kappa shape index (κ2) is 5.03. The lowest BCUT2D eigenvalue weighted by Crippen LogP contribution is -2.34. The van der Waals surface area contributed by atoms with Gasteiger partial charge in [-0.3, -0.25) is 14.9 Å². The highest BCUT2D eigenvalue weighted by atomic mass is 16.4. The smallest absolute Gasteiger partial charge is 0.328 e. The number of rotatable bonds is 3. The van der Waals surface area contributed by atoms with Gasteiger partial charge in [-0.1, -0.05) is 0 Å². The zero-order chi connectivity index (χ0) is 9.56. The molecule has 0 unspecified atom stereocenters. The average Bonchev–Trinajstić information content (AvgIpc) is 2.00. The van der Waals surface area contributed by atoms with E-state index in [4.69, 9.17) is 10.8 Å². The van der Waals surface area contributed by atoms with Crippen LogP contribution in [-0.2, 0) is 14.4 Å². The molecule has 0 spiro atoms. The average molecular weight is 172 g/mol. The van der Waals surface area contributed by atoms with Crippen LogP contribution in [0.15, 0.2) is 12.2 Å². The van der Waals surface area contributed by atoms with Crippen molar-refractivity contribution in [3.63, 3.8) is 0 Å². The van der Waals surface area contributed by atoms with Gasteiger partial charge in [-0.2, -0.15) is 0 Å². The van der Waals surface area contributed by atoms with Gasteiger partial charge in [0.2, 0.25) is 5.91 Å². The zero-order valence-corrected chi connectivity index (χ0v) is 6.11. The van der Waals surface area contributed by atoms with E-state index < -0.39 is 17.8 Å². The highest BCUT2D eigenvalue weighted by Crippen LogP contribution is 1.73. The molecule has 0 saturated heterocycles. The van der Waals surface area contributed by atoms with E-state index in [1.807, 2.05) is 5.32 Å². The Morgan fingerprint density at radius 2 is 1.92 bits per heavy atom. The van der Waals surface area contributed by atoms with Gasteiger partial charge in [0.25, 0.3) is 5.91 Å². The van der Waals surface area contributed by atoms with Crippen molar-refractivity contribution in [2.75, 3.05) is 6.54 Å². The molecule has 0 heterocycles. The number of hydrogen-bond donors (Lipinski definition) is 3. The normalized spacial score (nSPS) is 9.75. The van der Waals surface area contributed by atoms with Crippen LogP contribution in [0, 0.1) is 0 Å². The van der Waals surface area contributed by atoms with Gasteiger partial charge in [0, 0.05) is 12.2 Å². The molecule has 0 aliphatic heterocycles. The maximum absolute atomic E-state index is 10.6. The summed E-state index contributed by atoms with van der Waals surface area (Å²) in [6, 6.07) is 0. The summed E-state index contributed by atoms with van der Waals surface area (Å²) in [4.78, 5) is 30.9. The molecule has 0 atom stereocenters. The predicted octanol–water partition coefficient (Wildman–Crippen LogP) is -1.77. The van der Waals surface area contributed by atoms with E-state index >= 15 is 0 Å². The number of imide groups is 1. The highest BCUT2D eigenvalue weighted by molar-refractivity contribution is 6.03. The molecule has 0 bridgehead atoms. The summed E-state index contributed by atoms with van der Waals surface area (Å²) < 4.78 is 0. The van der Waals surface area contributed by atoms with Crippen LogP contribution in [0.3, 0.4) is 0 Å². The number of amides is 2. The molecule has 0 aromatic heterocycles. The summed E-state index contributed by atoms with van der Waals surface area (Å²) in [5, 5.41) is 9.91. The Morgan fingerprint density at radius 3 is 2.33 bits per heavy atom. The third-order valence-corrected chi connectivity index (χ3v) is 0.825. The summed E-state index contributed by atoms with van der Waals surface area (Å²) in [6.45, 7) is -0.313. The molecule has 0 aliphatic rings. The minimum Gasteiger partial charge on any atom is -0.478 e. The molecule has 4 N–H and O–H groups in total. The van der Waals surface area contributed by atoms with Crippen molar-refractivity contribution >= 4 is 17.8 Å². The molecule has 66 valence electrons. The molecule has 0 saturated carbocycles. The van der Waals surface area contributed by atoms with Crippen LogP contribution in [0.1, 0.15) is 0 Å². The monoisotopic (exact) mass is 172 g/mol. The third kappa shape index (κ3) is 5.12. The van der Waals surface area contributed by atoms with Crippen LogP contribution in [0.25, 0.3) is 0 Å². The fraction of sp³-hybridized carbons (Fsp3) is 0.167. The standard InChI is InChI=1S/C6H8N2O4/c7-3-5(10)8-4(9)1-2-6(11)12/h1-2H,3,7H2,(H,11,12)(H,8,9,10)/b2-1-. The van der Waals surface area contributed by atoms with Gasteiger partial charge in [-0.25, -0.2) is 4.79 Å². The van der Waals surface area contributed by atoms with Crippen LogP contribution in [-0.4, -0.2) is 29.4 Å². The Morgan fingerprint density at radius 1 is 1.33 bits per heavy atom. The highest BCUT2D eigenvalue weighted by Gasteiger charge is 2.01. The van der Waals surface area contributed by atoms with E-state index in [0.29, 0.717) is 6.08 Å². The minimum absolute atomic E-state index is 0.313. The number of nitrogens with one attached hydrogen (secondary N) is 1. The van der Waals surface area contributed by atoms with E-state index in [-0.39, 0.29) is 6.54 Å². The van der Waals surface area contributed by atoms with Gasteiger partial charge in [0.1, 0.15) is 0 Å². The maximum atomic E-state index is 10.6. The molecule has 0 aromatic rings. The van der Waals surface area contributed by atoms with Gasteiger partial charge >= 0.3 is 5.97 Å². The SMILES string of the molecule is NCC(=O)NC(=O)/C=C\C(=O)O. The first-order valence-corrected chi connectivity index (χ1v) is 3.01. The Hall–Kier alpha value is -1.69. The Labute approximate surface area is 68.0 Å². The lowest BCUT2D eigenvalue weighted by Gasteiger charge is -1.94. The number of nitrogens with two attached hydrogens (primary N) is 1. The van der Waals surface area contributed by atoms with Gasteiger partial charge in [-0.05, 0) is 0 Å². The molecule has 12 heavy (non-hydrogen) atoms. The lowest BCUT2D eigenvalue weighted by atomic mass is 10.4. The van der Waals surface area contributed by atoms with Crippen molar-refractivity contribution in [2.24, 2.45) is 5.73 Å². The minimum atomic E-state index is -1.26. The molecule has 2 amide bonds. The first-order valence-electron chi connectivity index (χ1n) is 3.01. The van der Waals surface area contributed by atoms with E-state index in [1.54, 1.807) is 0 Å². The summed E-state index contributed by atoms with van der Waals surface area (Å²) >= 11 is 0. The quantitative estimate of drug-likeness (QED) is 0.436. The van der Waals surface area contributed by atoms with Gasteiger partial charge in [0.15, 0.2) is 0 Å². The predicted molar refractivity (Wildman–Crippen MR) is 39.0 cm³/mol. The number of hydrogen-bond acceptors (Lipinski definition) is 4. The molecule has 6 nitrogen and oxygen atoms in total. The lowest BCUT2D eigenvalue weighted by molar-refractivity contribution is -0.132. The molecule has 0 fully saturated rings. The van der Waals surface area contributed by atoms with Gasteiger partial charge in [0.05, 0.1) is 6.54 Å². The van der Waals surface area contributed by atoms with Crippen LogP contribution in [0.2, 0.25) is 0 Å². The molecule has 6 heteroatoms. The Balaban J connectivity index is 3.90. The summed E-state index contributed by atoms with van der Waals surface area (Å²) in [5.41, 5.74) is 4.87. The van der Waals surface area contributed by atoms with Crippen molar-refractivity contribution in [1.29, 1.82) is 0 Å². The zero-order valence-electron chi connectivity index (χ0n) is 6.11. The number of carbonyl (C=O) groups is 3. The molecule has 0 rings (SSSR count). The van der Waals surface area contributed by atoms with Crippen molar-refractivity contribution in [3.05, 3.63) is 12.2 Å². The topological polar surface area (TPSA) is 109 Å². The fourth-order valence-electron chi connectivity index (χ4n) is 0.377. The number of carboxylic acid groups (broad SMARTS) is 1. The van der Waals surface area contributed by atoms with Crippen LogP contribution in [0.4, 0.5) is 0 Å². The van der Waals surface area contributed by atoms with E-state index in [0.717, 1.165) is 6.08 Å². The largest absolute Gasteiger partial charge is 0.478 e. The number of carbonyl (C=O) groups excluding carboxylic acids is 2. The molecule has 0 aromatic carbocycles. The van der Waals surface area contributed by atoms with Crippen molar-refractivity contribution in [3.8, 4) is 0 Å². The van der Waals surface area contributed by atoms with Crippen molar-refractivity contribution in [2.45, 2.75) is 0 Å². The van der Waals surface area contributed by atoms with Crippen LogP contribution < -0.4 is 11.1 Å². The van der Waals surface area contributed by atoms with Crippen LogP contribution >= 0.6 is 0 Å². The van der Waals surface area contributed by atoms with E-state index in [2.05, 4.69) is 0 Å². The van der Waals surface area contributed by atoms with E-state index in [9.17, 15) is 14.4 Å². The van der Waals surface area contributed by atoms with Crippen molar-refractivity contribution in [1.82, 2.24) is 5.32 Å². The second-order valence-electron chi connectivity index (χ2n) is 1.79. The van der Waals surface area contributed by atoms with Gasteiger partial charge in [-0.15, -0.1) is 0 Å². The molecule has 0 radical (unpaired) electrons. The Kier molecular flexibility index (Phi) is 4.32. The first-order chi connectivity index (χ1) is 5.56. The van der Waals surface area contributed by atoms with E-state index in [1.165, 1.54) is 0 Å². The Bertz CT molecular complexity index is 234. The van der Waals surface area contributed by atoms with Crippen LogP contribution in [0.5, 0.6) is 0 Å². The molecular formula is C6H8N2O4. The maximum Gasteiger partial charge on any atom is 0.328 e. The molecular weight excluding hydrogens is 164 g/mol. The number of aliphatic carboxylic acids is 1.